The lowest BCUT2D eigenvalue weighted by Gasteiger charge is -2.55. The summed E-state index contributed by atoms with van der Waals surface area (Å²) in [6.07, 6.45) is 2.51. The quantitative estimate of drug-likeness (QED) is 0.392. The summed E-state index contributed by atoms with van der Waals surface area (Å²) in [5, 5.41) is 7.69. The molecule has 3 aliphatic rings. The first-order valence-electron chi connectivity index (χ1n) is 12.1. The maximum atomic E-state index is 12.7. The number of hydrogen-bond donors (Lipinski definition) is 0. The van der Waals surface area contributed by atoms with Gasteiger partial charge in [-0.05, 0) is 44.9 Å². The number of pyridine rings is 1. The van der Waals surface area contributed by atoms with Crippen LogP contribution in [0.1, 0.15) is 32.8 Å². The van der Waals surface area contributed by atoms with Crippen LogP contribution in [0.15, 0.2) is 54.0 Å². The molecule has 186 valence electrons. The van der Waals surface area contributed by atoms with Crippen molar-refractivity contribution in [3.05, 3.63) is 59.6 Å². The van der Waals surface area contributed by atoms with E-state index >= 15 is 0 Å². The van der Waals surface area contributed by atoms with Gasteiger partial charge in [0, 0.05) is 24.7 Å². The highest BCUT2D eigenvalue weighted by Gasteiger charge is 2.49. The van der Waals surface area contributed by atoms with E-state index in [1.165, 1.54) is 0 Å². The van der Waals surface area contributed by atoms with E-state index in [4.69, 9.17) is 19.6 Å². The van der Waals surface area contributed by atoms with E-state index in [9.17, 15) is 4.79 Å². The van der Waals surface area contributed by atoms with Gasteiger partial charge in [-0.1, -0.05) is 30.3 Å². The van der Waals surface area contributed by atoms with Crippen molar-refractivity contribution in [3.63, 3.8) is 0 Å². The lowest BCUT2D eigenvalue weighted by Crippen LogP contribution is -2.70. The lowest BCUT2D eigenvalue weighted by atomic mass is 9.88. The molecular formula is C26H28N6O3S. The number of rotatable bonds is 5. The average Bonchev–Trinajstić information content (AvgIpc) is 3.53. The summed E-state index contributed by atoms with van der Waals surface area (Å²) in [6, 6.07) is 14.2. The van der Waals surface area contributed by atoms with Crippen LogP contribution in [-0.2, 0) is 11.3 Å². The molecule has 2 bridgehead atoms. The van der Waals surface area contributed by atoms with E-state index in [2.05, 4.69) is 9.88 Å². The van der Waals surface area contributed by atoms with Gasteiger partial charge in [0.15, 0.2) is 11.4 Å². The molecule has 7 rings (SSSR count). The molecule has 0 saturated carbocycles. The Balaban J connectivity index is 1.28. The number of benzene rings is 1. The predicted molar refractivity (Wildman–Crippen MR) is 137 cm³/mol. The molecule has 4 aromatic rings. The van der Waals surface area contributed by atoms with Crippen molar-refractivity contribution in [2.24, 2.45) is 0 Å². The fraction of sp³-hybridized carbons (Fsp3) is 0.385. The molecule has 3 fully saturated rings. The highest BCUT2D eigenvalue weighted by atomic mass is 32.1. The molecule has 2 unspecified atom stereocenters. The first-order chi connectivity index (χ1) is 17.4. The third kappa shape index (κ3) is 4.26. The van der Waals surface area contributed by atoms with Crippen molar-refractivity contribution in [1.29, 1.82) is 0 Å². The molecule has 0 spiro atoms. The Hall–Kier alpha value is -3.66. The standard InChI is InChI=1S/C26H28N6O3S/c1-26(2,3)35-25(33)31-18-13-19(31)15-30(14-18)24-28-22-21(34-16-17-7-5-4-6-8-17)10-9-20(32(22)29-24)23-27-11-12-36-23/h4-12,18-19H,13-16H2,1-3H3. The Morgan fingerprint density at radius 1 is 1.11 bits per heavy atom. The predicted octanol–water partition coefficient (Wildman–Crippen LogP) is 4.63. The van der Waals surface area contributed by atoms with Gasteiger partial charge in [-0.2, -0.15) is 4.98 Å². The second-order valence-corrected chi connectivity index (χ2v) is 11.1. The highest BCUT2D eigenvalue weighted by molar-refractivity contribution is 7.13. The van der Waals surface area contributed by atoms with Crippen LogP contribution in [0.4, 0.5) is 10.7 Å². The number of carbonyl (C=O) groups excluding carboxylic acids is 1. The van der Waals surface area contributed by atoms with E-state index in [-0.39, 0.29) is 18.2 Å². The minimum atomic E-state index is -0.508. The van der Waals surface area contributed by atoms with Gasteiger partial charge in [-0.3, -0.25) is 4.90 Å². The van der Waals surface area contributed by atoms with Crippen molar-refractivity contribution < 1.29 is 14.3 Å². The van der Waals surface area contributed by atoms with Gasteiger partial charge < -0.3 is 14.4 Å². The Kier molecular flexibility index (Phi) is 5.55. The van der Waals surface area contributed by atoms with Gasteiger partial charge in [0.1, 0.15) is 22.9 Å². The summed E-state index contributed by atoms with van der Waals surface area (Å²) in [4.78, 5) is 26.1. The monoisotopic (exact) mass is 504 g/mol. The lowest BCUT2D eigenvalue weighted by molar-refractivity contribution is -0.0381. The molecule has 0 N–H and O–H groups in total. The number of carbonyl (C=O) groups is 1. The van der Waals surface area contributed by atoms with E-state index in [0.29, 0.717) is 37.0 Å². The number of ether oxygens (including phenoxy) is 2. The summed E-state index contributed by atoms with van der Waals surface area (Å²) >= 11 is 1.55. The minimum absolute atomic E-state index is 0.0949. The van der Waals surface area contributed by atoms with Crippen LogP contribution < -0.4 is 9.64 Å². The zero-order valence-electron chi connectivity index (χ0n) is 20.5. The fourth-order valence-corrected chi connectivity index (χ4v) is 5.46. The number of nitrogens with zero attached hydrogens (tertiary/aromatic N) is 6. The summed E-state index contributed by atoms with van der Waals surface area (Å²) in [6.45, 7) is 7.45. The Morgan fingerprint density at radius 2 is 1.89 bits per heavy atom. The molecule has 0 radical (unpaired) electrons. The molecule has 36 heavy (non-hydrogen) atoms. The molecule has 3 saturated heterocycles. The van der Waals surface area contributed by atoms with Crippen molar-refractivity contribution in [2.45, 2.75) is 51.5 Å². The smallest absolute Gasteiger partial charge is 0.410 e. The highest BCUT2D eigenvalue weighted by Crippen LogP contribution is 2.36. The fourth-order valence-electron chi connectivity index (χ4n) is 4.81. The van der Waals surface area contributed by atoms with E-state index in [0.717, 1.165) is 22.7 Å². The summed E-state index contributed by atoms with van der Waals surface area (Å²) in [7, 11) is 0. The number of piperidine rings is 1. The van der Waals surface area contributed by atoms with Crippen LogP contribution in [-0.4, -0.2) is 61.3 Å². The van der Waals surface area contributed by atoms with Crippen molar-refractivity contribution in [2.75, 3.05) is 18.0 Å². The minimum Gasteiger partial charge on any atom is -0.485 e. The second kappa shape index (κ2) is 8.77. The van der Waals surface area contributed by atoms with Crippen LogP contribution in [0.25, 0.3) is 16.3 Å². The van der Waals surface area contributed by atoms with Crippen molar-refractivity contribution in [3.8, 4) is 16.5 Å². The molecule has 1 amide bonds. The van der Waals surface area contributed by atoms with Crippen LogP contribution in [0.5, 0.6) is 5.75 Å². The van der Waals surface area contributed by atoms with Crippen LogP contribution in [0.3, 0.4) is 0 Å². The van der Waals surface area contributed by atoms with E-state index in [1.54, 1.807) is 17.5 Å². The average molecular weight is 505 g/mol. The molecule has 6 heterocycles. The normalized spacial score (nSPS) is 19.3. The molecule has 10 heteroatoms. The maximum absolute atomic E-state index is 12.7. The SMILES string of the molecule is CC(C)(C)OC(=O)N1C2CC1CN(c1nc3c(OCc4ccccc4)ccc(-c4nccs4)n3n1)C2. The maximum Gasteiger partial charge on any atom is 0.410 e. The van der Waals surface area contributed by atoms with E-state index < -0.39 is 5.60 Å². The molecule has 2 atom stereocenters. The topological polar surface area (TPSA) is 85.1 Å². The summed E-state index contributed by atoms with van der Waals surface area (Å²) in [5.74, 6) is 1.29. The van der Waals surface area contributed by atoms with Crippen LogP contribution in [0.2, 0.25) is 0 Å². The number of hydrogen-bond acceptors (Lipinski definition) is 8. The Bertz CT molecular complexity index is 1370. The number of anilines is 1. The zero-order valence-corrected chi connectivity index (χ0v) is 21.3. The van der Waals surface area contributed by atoms with E-state index in [1.807, 2.05) is 78.0 Å². The largest absolute Gasteiger partial charge is 0.485 e. The number of fused-ring (bicyclic) bond motifs is 3. The van der Waals surface area contributed by atoms with Crippen molar-refractivity contribution in [1.82, 2.24) is 24.5 Å². The van der Waals surface area contributed by atoms with Gasteiger partial charge in [0.2, 0.25) is 5.95 Å². The number of thiazole rings is 1. The molecule has 1 aromatic carbocycles. The van der Waals surface area contributed by atoms with Gasteiger partial charge in [-0.25, -0.2) is 14.3 Å². The zero-order chi connectivity index (χ0) is 24.9. The van der Waals surface area contributed by atoms with Gasteiger partial charge in [-0.15, -0.1) is 16.4 Å². The number of aromatic nitrogens is 4. The van der Waals surface area contributed by atoms with Gasteiger partial charge in [0.25, 0.3) is 0 Å². The summed E-state index contributed by atoms with van der Waals surface area (Å²) in [5.41, 5.74) is 2.09. The number of amides is 1. The van der Waals surface area contributed by atoms with Gasteiger partial charge in [0.05, 0.1) is 12.1 Å². The summed E-state index contributed by atoms with van der Waals surface area (Å²) < 4.78 is 13.6. The first-order valence-corrected chi connectivity index (χ1v) is 13.0. The van der Waals surface area contributed by atoms with Crippen LogP contribution in [0, 0.1) is 0 Å². The van der Waals surface area contributed by atoms with Gasteiger partial charge >= 0.3 is 6.09 Å². The Labute approximate surface area is 213 Å². The molecule has 0 aliphatic carbocycles. The second-order valence-electron chi connectivity index (χ2n) is 10.2. The molecule has 3 aromatic heterocycles. The number of piperazine rings is 1. The third-order valence-corrected chi connectivity index (χ3v) is 7.20. The Morgan fingerprint density at radius 3 is 2.58 bits per heavy atom. The molecule has 9 nitrogen and oxygen atoms in total. The third-order valence-electron chi connectivity index (χ3n) is 6.41. The molecule has 3 aliphatic heterocycles. The first kappa shape index (κ1) is 22.8. The van der Waals surface area contributed by atoms with Crippen LogP contribution >= 0.6 is 11.3 Å². The molecular weight excluding hydrogens is 476 g/mol. The van der Waals surface area contributed by atoms with Crippen molar-refractivity contribution >= 4 is 29.0 Å².